The largest absolute Gasteiger partial charge is 0.356 e. The highest BCUT2D eigenvalue weighted by Crippen LogP contribution is 2.10. The van der Waals surface area contributed by atoms with E-state index in [-0.39, 0.29) is 54.0 Å². The van der Waals surface area contributed by atoms with Gasteiger partial charge < -0.3 is 15.5 Å². The Morgan fingerprint density at radius 1 is 1.41 bits per heavy atom. The number of hydrogen-bond acceptors (Lipinski definition) is 5. The number of guanidine groups is 1. The van der Waals surface area contributed by atoms with E-state index in [1.165, 1.54) is 4.90 Å². The lowest BCUT2D eigenvalue weighted by molar-refractivity contribution is -0.127. The first-order valence-corrected chi connectivity index (χ1v) is 10.00. The molecule has 0 aliphatic carbocycles. The van der Waals surface area contributed by atoms with Crippen LogP contribution in [0.4, 0.5) is 0 Å². The van der Waals surface area contributed by atoms with E-state index in [0.29, 0.717) is 18.9 Å². The Morgan fingerprint density at radius 2 is 2.09 bits per heavy atom. The van der Waals surface area contributed by atoms with Gasteiger partial charge >= 0.3 is 0 Å². The number of carbonyl (C=O) groups excluding carboxylic acids is 1. The van der Waals surface area contributed by atoms with Crippen LogP contribution in [0.5, 0.6) is 0 Å². The zero-order chi connectivity index (χ0) is 15.9. The number of likely N-dealkylation sites (N-methyl/N-ethyl adjacent to an activating group) is 1. The molecule has 1 heterocycles. The number of rotatable bonds is 6. The van der Waals surface area contributed by atoms with Crippen molar-refractivity contribution in [2.24, 2.45) is 4.99 Å². The molecule has 1 fully saturated rings. The third kappa shape index (κ3) is 8.42. The first kappa shape index (κ1) is 21.8. The monoisotopic (exact) mass is 464 g/mol. The topological polar surface area (TPSA) is 90.9 Å². The molecule has 1 saturated heterocycles. The lowest BCUT2D eigenvalue weighted by Crippen LogP contribution is -2.45. The molecule has 0 spiro atoms. The van der Waals surface area contributed by atoms with Crippen molar-refractivity contribution < 1.29 is 13.2 Å². The minimum Gasteiger partial charge on any atom is -0.356 e. The molecule has 7 nitrogen and oxygen atoms in total. The third-order valence-electron chi connectivity index (χ3n) is 3.04. The van der Waals surface area contributed by atoms with Crippen molar-refractivity contribution in [3.05, 3.63) is 0 Å². The second kappa shape index (κ2) is 10.5. The summed E-state index contributed by atoms with van der Waals surface area (Å²) in [7, 11) is 0.417. The van der Waals surface area contributed by atoms with Crippen LogP contribution < -0.4 is 10.6 Å². The highest BCUT2D eigenvalue weighted by molar-refractivity contribution is 14.0. The minimum atomic E-state index is -2.94. The maximum absolute atomic E-state index is 11.6. The maximum Gasteiger partial charge on any atom is 0.243 e. The summed E-state index contributed by atoms with van der Waals surface area (Å²) in [5.41, 5.74) is 0. The van der Waals surface area contributed by atoms with Gasteiger partial charge in [-0.25, -0.2) is 13.4 Å². The van der Waals surface area contributed by atoms with Crippen molar-refractivity contribution in [1.29, 1.82) is 0 Å². The summed E-state index contributed by atoms with van der Waals surface area (Å²) in [4.78, 5) is 17.3. The standard InChI is InChI=1S/C12H24N4O3S2.HI/c1-16(2)11(17)8-14-12(13-5-6-20-3)15-10-4-7-21(18,19)9-10;/h10H,4-9H2,1-3H3,(H2,13,14,15);1H. The Kier molecular flexibility index (Phi) is 10.4. The second-order valence-electron chi connectivity index (χ2n) is 5.12. The zero-order valence-corrected chi connectivity index (χ0v) is 17.1. The zero-order valence-electron chi connectivity index (χ0n) is 13.2. The van der Waals surface area contributed by atoms with Gasteiger partial charge in [0.1, 0.15) is 6.54 Å². The van der Waals surface area contributed by atoms with E-state index in [1.54, 1.807) is 25.9 Å². The van der Waals surface area contributed by atoms with Gasteiger partial charge in [0.2, 0.25) is 5.91 Å². The van der Waals surface area contributed by atoms with Gasteiger partial charge in [-0.1, -0.05) is 0 Å². The fraction of sp³-hybridized carbons (Fsp3) is 0.833. The molecule has 1 aliphatic heterocycles. The molecule has 1 unspecified atom stereocenters. The van der Waals surface area contributed by atoms with Crippen molar-refractivity contribution in [2.75, 3.05) is 50.7 Å². The number of carbonyl (C=O) groups is 1. The van der Waals surface area contributed by atoms with E-state index < -0.39 is 9.84 Å². The van der Waals surface area contributed by atoms with Crippen molar-refractivity contribution >= 4 is 57.4 Å². The summed E-state index contributed by atoms with van der Waals surface area (Å²) in [5.74, 6) is 1.64. The fourth-order valence-corrected chi connectivity index (χ4v) is 3.79. The van der Waals surface area contributed by atoms with Crippen LogP contribution in [0.2, 0.25) is 0 Å². The SMILES string of the molecule is CSCCNC(=NCC(=O)N(C)C)NC1CCS(=O)(=O)C1.I. The Labute approximate surface area is 154 Å². The summed E-state index contributed by atoms with van der Waals surface area (Å²) in [6, 6.07) is -0.134. The fourth-order valence-electron chi connectivity index (χ4n) is 1.81. The third-order valence-corrected chi connectivity index (χ3v) is 5.42. The Morgan fingerprint density at radius 3 is 2.59 bits per heavy atom. The van der Waals surface area contributed by atoms with Crippen molar-refractivity contribution in [1.82, 2.24) is 15.5 Å². The lowest BCUT2D eigenvalue weighted by atomic mass is 10.3. The molecule has 22 heavy (non-hydrogen) atoms. The van der Waals surface area contributed by atoms with Crippen molar-refractivity contribution in [3.63, 3.8) is 0 Å². The maximum atomic E-state index is 11.6. The van der Waals surface area contributed by atoms with E-state index in [4.69, 9.17) is 0 Å². The molecule has 0 radical (unpaired) electrons. The van der Waals surface area contributed by atoms with Crippen LogP contribution in [-0.4, -0.2) is 81.9 Å². The van der Waals surface area contributed by atoms with Crippen LogP contribution in [0.15, 0.2) is 4.99 Å². The molecule has 1 atom stereocenters. The van der Waals surface area contributed by atoms with Crippen molar-refractivity contribution in [2.45, 2.75) is 12.5 Å². The number of sulfone groups is 1. The summed E-state index contributed by atoms with van der Waals surface area (Å²) < 4.78 is 22.9. The predicted molar refractivity (Wildman–Crippen MR) is 103 cm³/mol. The van der Waals surface area contributed by atoms with Gasteiger partial charge in [-0.05, 0) is 12.7 Å². The first-order chi connectivity index (χ1) is 9.84. The van der Waals surface area contributed by atoms with Crippen molar-refractivity contribution in [3.8, 4) is 0 Å². The molecular formula is C12H25IN4O3S2. The normalized spacial score (nSPS) is 20.1. The molecule has 0 aromatic heterocycles. The summed E-state index contributed by atoms with van der Waals surface area (Å²) in [6.45, 7) is 0.754. The molecule has 0 saturated carbocycles. The molecule has 130 valence electrons. The van der Waals surface area contributed by atoms with Crippen LogP contribution in [0, 0.1) is 0 Å². The number of nitrogens with one attached hydrogen (secondary N) is 2. The molecular weight excluding hydrogens is 439 g/mol. The van der Waals surface area contributed by atoms with Gasteiger partial charge in [0, 0.05) is 32.4 Å². The van der Waals surface area contributed by atoms with E-state index in [0.717, 1.165) is 5.75 Å². The average Bonchev–Trinajstić information content (AvgIpc) is 2.74. The van der Waals surface area contributed by atoms with Gasteiger partial charge in [-0.2, -0.15) is 11.8 Å². The summed E-state index contributed by atoms with van der Waals surface area (Å²) >= 11 is 1.70. The summed E-state index contributed by atoms with van der Waals surface area (Å²) in [5, 5.41) is 6.23. The number of halogens is 1. The van der Waals surface area contributed by atoms with Gasteiger partial charge in [0.05, 0.1) is 11.5 Å². The average molecular weight is 464 g/mol. The van der Waals surface area contributed by atoms with E-state index in [1.807, 2.05) is 6.26 Å². The van der Waals surface area contributed by atoms with E-state index in [2.05, 4.69) is 15.6 Å². The number of aliphatic imine (C=N–C) groups is 1. The molecule has 0 bridgehead atoms. The Hall–Kier alpha value is -0.230. The van der Waals surface area contributed by atoms with Gasteiger partial charge in [-0.15, -0.1) is 24.0 Å². The molecule has 1 rings (SSSR count). The van der Waals surface area contributed by atoms with Gasteiger partial charge in [0.25, 0.3) is 0 Å². The molecule has 10 heteroatoms. The van der Waals surface area contributed by atoms with Gasteiger partial charge in [-0.3, -0.25) is 4.79 Å². The minimum absolute atomic E-state index is 0. The highest BCUT2D eigenvalue weighted by atomic mass is 127. The highest BCUT2D eigenvalue weighted by Gasteiger charge is 2.28. The van der Waals surface area contributed by atoms with Crippen LogP contribution >= 0.6 is 35.7 Å². The predicted octanol–water partition coefficient (Wildman–Crippen LogP) is -0.222. The number of amides is 1. The molecule has 1 aliphatic rings. The molecule has 0 aromatic rings. The lowest BCUT2D eigenvalue weighted by Gasteiger charge is -2.17. The van der Waals surface area contributed by atoms with Crippen LogP contribution in [0.25, 0.3) is 0 Å². The van der Waals surface area contributed by atoms with Crippen LogP contribution in [0.3, 0.4) is 0 Å². The quantitative estimate of drug-likeness (QED) is 0.245. The molecule has 1 amide bonds. The summed E-state index contributed by atoms with van der Waals surface area (Å²) in [6.07, 6.45) is 2.58. The van der Waals surface area contributed by atoms with Crippen LogP contribution in [0.1, 0.15) is 6.42 Å². The number of hydrogen-bond donors (Lipinski definition) is 2. The second-order valence-corrected chi connectivity index (χ2v) is 8.33. The smallest absolute Gasteiger partial charge is 0.243 e. The first-order valence-electron chi connectivity index (χ1n) is 6.78. The van der Waals surface area contributed by atoms with Crippen LogP contribution in [-0.2, 0) is 14.6 Å². The Bertz CT molecular complexity index is 483. The van der Waals surface area contributed by atoms with E-state index >= 15 is 0 Å². The van der Waals surface area contributed by atoms with Gasteiger partial charge in [0.15, 0.2) is 15.8 Å². The number of thioether (sulfide) groups is 1. The number of nitrogens with zero attached hydrogens (tertiary/aromatic N) is 2. The Balaban J connectivity index is 0.00000441. The molecule has 0 aromatic carbocycles. The molecule has 2 N–H and O–H groups in total. The van der Waals surface area contributed by atoms with E-state index in [9.17, 15) is 13.2 Å².